The first-order valence-corrected chi connectivity index (χ1v) is 6.29. The van der Waals surface area contributed by atoms with Gasteiger partial charge in [-0.25, -0.2) is 4.98 Å². The van der Waals surface area contributed by atoms with Crippen molar-refractivity contribution in [3.05, 3.63) is 49.7 Å². The summed E-state index contributed by atoms with van der Waals surface area (Å²) in [6.07, 6.45) is 2.57. The number of carbonyl (C=O) groups excluding carboxylic acids is 1. The third-order valence-corrected chi connectivity index (χ3v) is 3.18. The van der Waals surface area contributed by atoms with E-state index in [0.717, 1.165) is 11.1 Å². The van der Waals surface area contributed by atoms with Crippen LogP contribution in [0.1, 0.15) is 15.2 Å². The zero-order valence-electron chi connectivity index (χ0n) is 9.37. The number of thiazole rings is 1. The molecule has 0 saturated heterocycles. The number of nitro groups is 1. The maximum absolute atomic E-state index is 11.9. The first kappa shape index (κ1) is 13.4. The van der Waals surface area contributed by atoms with Gasteiger partial charge in [-0.3, -0.25) is 19.9 Å². The summed E-state index contributed by atoms with van der Waals surface area (Å²) in [5.41, 5.74) is 1.13. The number of amides is 1. The molecule has 19 heavy (non-hydrogen) atoms. The molecule has 9 heteroatoms. The highest BCUT2D eigenvalue weighted by atomic mass is 35.5. The average Bonchev–Trinajstić information content (AvgIpc) is 2.88. The molecule has 0 spiro atoms. The number of nitrogens with zero attached hydrogens (tertiary/aromatic N) is 3. The number of nitrogens with one attached hydrogen (secondary N) is 1. The number of pyridine rings is 1. The van der Waals surface area contributed by atoms with Crippen LogP contribution in [0.5, 0.6) is 0 Å². The van der Waals surface area contributed by atoms with Crippen molar-refractivity contribution in [2.24, 2.45) is 0 Å². The minimum atomic E-state index is -0.676. The monoisotopic (exact) mass is 298 g/mol. The summed E-state index contributed by atoms with van der Waals surface area (Å²) in [4.78, 5) is 30.3. The minimum Gasteiger partial charge on any atom is -0.347 e. The van der Waals surface area contributed by atoms with Crippen LogP contribution in [0.4, 0.5) is 5.69 Å². The third-order valence-electron chi connectivity index (χ3n) is 2.20. The zero-order valence-corrected chi connectivity index (χ0v) is 10.9. The molecule has 0 bridgehead atoms. The van der Waals surface area contributed by atoms with Crippen molar-refractivity contribution < 1.29 is 9.72 Å². The van der Waals surface area contributed by atoms with E-state index in [0.29, 0.717) is 0 Å². The van der Waals surface area contributed by atoms with E-state index in [-0.39, 0.29) is 22.9 Å². The second-order valence-corrected chi connectivity index (χ2v) is 4.79. The van der Waals surface area contributed by atoms with Gasteiger partial charge in [0.25, 0.3) is 11.6 Å². The quantitative estimate of drug-likeness (QED) is 0.529. The lowest BCUT2D eigenvalue weighted by Crippen LogP contribution is -2.23. The molecule has 2 heterocycles. The van der Waals surface area contributed by atoms with E-state index in [2.05, 4.69) is 15.3 Å². The Morgan fingerprint density at radius 2 is 2.32 bits per heavy atom. The Hall–Kier alpha value is -2.06. The average molecular weight is 299 g/mol. The van der Waals surface area contributed by atoms with Crippen molar-refractivity contribution in [1.29, 1.82) is 0 Å². The van der Waals surface area contributed by atoms with Gasteiger partial charge in [0.15, 0.2) is 0 Å². The van der Waals surface area contributed by atoms with E-state index in [1.54, 1.807) is 11.7 Å². The van der Waals surface area contributed by atoms with Gasteiger partial charge in [0, 0.05) is 11.1 Å². The van der Waals surface area contributed by atoms with Crippen LogP contribution in [-0.4, -0.2) is 20.8 Å². The van der Waals surface area contributed by atoms with Crippen molar-refractivity contribution in [2.75, 3.05) is 0 Å². The number of halogens is 1. The lowest BCUT2D eigenvalue weighted by Gasteiger charge is -2.04. The van der Waals surface area contributed by atoms with Gasteiger partial charge < -0.3 is 5.32 Å². The molecule has 2 aromatic heterocycles. The summed E-state index contributed by atoms with van der Waals surface area (Å²) >= 11 is 7.02. The van der Waals surface area contributed by atoms with Crippen LogP contribution in [0.15, 0.2) is 24.0 Å². The van der Waals surface area contributed by atoms with Gasteiger partial charge in [-0.2, -0.15) is 0 Å². The lowest BCUT2D eigenvalue weighted by atomic mass is 10.2. The molecule has 7 nitrogen and oxygen atoms in total. The molecule has 0 saturated carbocycles. The maximum atomic E-state index is 11.9. The molecular formula is C10H7ClN4O3S. The van der Waals surface area contributed by atoms with Gasteiger partial charge in [-0.15, -0.1) is 11.3 Å². The van der Waals surface area contributed by atoms with E-state index in [1.807, 2.05) is 0 Å². The molecule has 0 atom stereocenters. The van der Waals surface area contributed by atoms with Crippen LogP contribution in [0.2, 0.25) is 5.15 Å². The fourth-order valence-electron chi connectivity index (χ4n) is 1.34. The molecule has 1 amide bonds. The standard InChI is InChI=1S/C10H7ClN4O3S/c11-9-1-7(8(4-13-9)15(17)18)10(16)14-3-6-2-12-5-19-6/h1-2,4-5H,3H2,(H,14,16). The van der Waals surface area contributed by atoms with E-state index >= 15 is 0 Å². The van der Waals surface area contributed by atoms with Crippen molar-refractivity contribution in [1.82, 2.24) is 15.3 Å². The number of carbonyl (C=O) groups is 1. The Kier molecular flexibility index (Phi) is 4.03. The molecule has 0 fully saturated rings. The predicted octanol–water partition coefficient (Wildman–Crippen LogP) is 2.03. The smallest absolute Gasteiger partial charge is 0.300 e. The number of aromatic nitrogens is 2. The van der Waals surface area contributed by atoms with Gasteiger partial charge in [-0.1, -0.05) is 11.6 Å². The van der Waals surface area contributed by atoms with Gasteiger partial charge in [0.1, 0.15) is 16.9 Å². The maximum Gasteiger partial charge on any atom is 0.300 e. The summed E-state index contributed by atoms with van der Waals surface area (Å²) in [5, 5.41) is 13.4. The Labute approximate surface area is 116 Å². The summed E-state index contributed by atoms with van der Waals surface area (Å²) in [6.45, 7) is 0.251. The Balaban J connectivity index is 2.18. The topological polar surface area (TPSA) is 98.0 Å². The minimum absolute atomic E-state index is 0.0218. The van der Waals surface area contributed by atoms with E-state index < -0.39 is 10.8 Å². The van der Waals surface area contributed by atoms with Crippen LogP contribution >= 0.6 is 22.9 Å². The summed E-state index contributed by atoms with van der Waals surface area (Å²) < 4.78 is 0. The van der Waals surface area contributed by atoms with E-state index in [1.165, 1.54) is 17.4 Å². The van der Waals surface area contributed by atoms with Crippen LogP contribution < -0.4 is 5.32 Å². The van der Waals surface area contributed by atoms with E-state index in [9.17, 15) is 14.9 Å². The summed E-state index contributed by atoms with van der Waals surface area (Å²) in [5.74, 6) is -0.579. The number of hydrogen-bond acceptors (Lipinski definition) is 6. The lowest BCUT2D eigenvalue weighted by molar-refractivity contribution is -0.385. The molecular weight excluding hydrogens is 292 g/mol. The van der Waals surface area contributed by atoms with Crippen molar-refractivity contribution in [3.8, 4) is 0 Å². The molecule has 0 radical (unpaired) electrons. The highest BCUT2D eigenvalue weighted by Crippen LogP contribution is 2.20. The van der Waals surface area contributed by atoms with Crippen molar-refractivity contribution >= 4 is 34.5 Å². The van der Waals surface area contributed by atoms with Gasteiger partial charge in [0.2, 0.25) is 0 Å². The predicted molar refractivity (Wildman–Crippen MR) is 69.2 cm³/mol. The first-order valence-electron chi connectivity index (χ1n) is 5.03. The molecule has 0 aromatic carbocycles. The Bertz CT molecular complexity index is 617. The van der Waals surface area contributed by atoms with Gasteiger partial charge in [-0.05, 0) is 6.07 Å². The normalized spacial score (nSPS) is 10.2. The largest absolute Gasteiger partial charge is 0.347 e. The van der Waals surface area contributed by atoms with Crippen LogP contribution in [0, 0.1) is 10.1 Å². The fraction of sp³-hybridized carbons (Fsp3) is 0.100. The van der Waals surface area contributed by atoms with Crippen LogP contribution in [0.25, 0.3) is 0 Å². The summed E-state index contributed by atoms with van der Waals surface area (Å²) in [6, 6.07) is 1.17. The molecule has 0 aliphatic heterocycles. The molecule has 0 aliphatic carbocycles. The van der Waals surface area contributed by atoms with Crippen LogP contribution in [0.3, 0.4) is 0 Å². The van der Waals surface area contributed by atoms with E-state index in [4.69, 9.17) is 11.6 Å². The SMILES string of the molecule is O=C(NCc1cncs1)c1cc(Cl)ncc1[N+](=O)[O-]. The number of hydrogen-bond donors (Lipinski definition) is 1. The highest BCUT2D eigenvalue weighted by molar-refractivity contribution is 7.09. The second-order valence-electron chi connectivity index (χ2n) is 3.43. The molecule has 98 valence electrons. The molecule has 2 rings (SSSR count). The zero-order chi connectivity index (χ0) is 13.8. The second kappa shape index (κ2) is 5.72. The van der Waals surface area contributed by atoms with Gasteiger partial charge in [0.05, 0.1) is 17.0 Å². The Morgan fingerprint density at radius 1 is 1.53 bits per heavy atom. The molecule has 1 N–H and O–H groups in total. The van der Waals surface area contributed by atoms with Crippen molar-refractivity contribution in [3.63, 3.8) is 0 Å². The molecule has 0 aliphatic rings. The fourth-order valence-corrected chi connectivity index (χ4v) is 2.03. The third kappa shape index (κ3) is 3.24. The molecule has 2 aromatic rings. The van der Waals surface area contributed by atoms with Crippen molar-refractivity contribution in [2.45, 2.75) is 6.54 Å². The van der Waals surface area contributed by atoms with Gasteiger partial charge >= 0.3 is 0 Å². The Morgan fingerprint density at radius 3 is 2.95 bits per heavy atom. The first-order chi connectivity index (χ1) is 9.08. The summed E-state index contributed by atoms with van der Waals surface area (Å²) in [7, 11) is 0. The molecule has 0 unspecified atom stereocenters. The van der Waals surface area contributed by atoms with Crippen LogP contribution in [-0.2, 0) is 6.54 Å². The number of rotatable bonds is 4. The highest BCUT2D eigenvalue weighted by Gasteiger charge is 2.21.